The van der Waals surface area contributed by atoms with Crippen molar-refractivity contribution >= 4 is 21.6 Å². The lowest BCUT2D eigenvalue weighted by Crippen LogP contribution is -2.43. The van der Waals surface area contributed by atoms with E-state index in [0.717, 1.165) is 24.2 Å². The molecule has 1 aromatic rings. The zero-order chi connectivity index (χ0) is 13.3. The molecule has 1 aromatic carbocycles. The van der Waals surface area contributed by atoms with Crippen LogP contribution in [0.4, 0.5) is 11.4 Å². The van der Waals surface area contributed by atoms with Crippen molar-refractivity contribution in [3.8, 4) is 0 Å². The van der Waals surface area contributed by atoms with Gasteiger partial charge < -0.3 is 10.1 Å². The second kappa shape index (κ2) is 4.99. The van der Waals surface area contributed by atoms with E-state index in [4.69, 9.17) is 4.74 Å². The van der Waals surface area contributed by atoms with E-state index in [1.165, 1.54) is 4.31 Å². The Morgan fingerprint density at radius 2 is 2.05 bits per heavy atom. The number of rotatable bonds is 3. The lowest BCUT2D eigenvalue weighted by Gasteiger charge is -2.26. The van der Waals surface area contributed by atoms with Crippen LogP contribution in [0.2, 0.25) is 0 Å². The Morgan fingerprint density at radius 1 is 1.26 bits per heavy atom. The quantitative estimate of drug-likeness (QED) is 0.854. The van der Waals surface area contributed by atoms with E-state index >= 15 is 0 Å². The van der Waals surface area contributed by atoms with Gasteiger partial charge in [0.15, 0.2) is 0 Å². The number of anilines is 2. The fourth-order valence-electron chi connectivity index (χ4n) is 2.37. The molecule has 3 rings (SSSR count). The Morgan fingerprint density at radius 3 is 2.84 bits per heavy atom. The van der Waals surface area contributed by atoms with E-state index in [9.17, 15) is 8.42 Å². The summed E-state index contributed by atoms with van der Waals surface area (Å²) in [4.78, 5) is 0. The van der Waals surface area contributed by atoms with Crippen molar-refractivity contribution in [1.29, 1.82) is 0 Å². The summed E-state index contributed by atoms with van der Waals surface area (Å²) in [5, 5.41) is 3.25. The summed E-state index contributed by atoms with van der Waals surface area (Å²) < 4.78 is 33.6. The molecule has 1 saturated heterocycles. The average Bonchev–Trinajstić information content (AvgIpc) is 2.87. The largest absolute Gasteiger partial charge is 0.384 e. The summed E-state index contributed by atoms with van der Waals surface area (Å²) in [6.07, 6.45) is 0.933. The fraction of sp³-hybridized carbons (Fsp3) is 0.500. The Labute approximate surface area is 112 Å². The summed E-state index contributed by atoms with van der Waals surface area (Å²) in [7, 11) is -3.47. The molecule has 2 N–H and O–H groups in total. The molecule has 0 radical (unpaired) electrons. The first-order valence-electron chi connectivity index (χ1n) is 6.37. The number of nitrogens with one attached hydrogen (secondary N) is 2. The second-order valence-electron chi connectivity index (χ2n) is 4.67. The van der Waals surface area contributed by atoms with Gasteiger partial charge in [-0.15, -0.1) is 0 Å². The first kappa shape index (κ1) is 12.7. The summed E-state index contributed by atoms with van der Waals surface area (Å²) in [5.41, 5.74) is 2.87. The van der Waals surface area contributed by atoms with Crippen LogP contribution in [0.1, 0.15) is 5.56 Å². The molecule has 104 valence electrons. The number of benzene rings is 1. The molecule has 0 unspecified atom stereocenters. The topological polar surface area (TPSA) is 70.7 Å². The summed E-state index contributed by atoms with van der Waals surface area (Å²) in [5.74, 6) is 0. The molecule has 19 heavy (non-hydrogen) atoms. The maximum atomic E-state index is 12.2. The van der Waals surface area contributed by atoms with Crippen LogP contribution in [-0.4, -0.2) is 45.6 Å². The molecular formula is C12H17N3O3S. The van der Waals surface area contributed by atoms with E-state index in [-0.39, 0.29) is 0 Å². The first-order chi connectivity index (χ1) is 9.15. The van der Waals surface area contributed by atoms with Crippen molar-refractivity contribution < 1.29 is 13.2 Å². The Bertz CT molecular complexity index is 568. The predicted octanol–water partition coefficient (Wildman–Crippen LogP) is 0.643. The van der Waals surface area contributed by atoms with Crippen molar-refractivity contribution in [2.45, 2.75) is 6.42 Å². The third-order valence-corrected chi connectivity index (χ3v) is 4.91. The second-order valence-corrected chi connectivity index (χ2v) is 6.34. The third-order valence-electron chi connectivity index (χ3n) is 3.37. The van der Waals surface area contributed by atoms with Gasteiger partial charge in [0.05, 0.1) is 18.9 Å². The van der Waals surface area contributed by atoms with Crippen LogP contribution in [0.5, 0.6) is 0 Å². The van der Waals surface area contributed by atoms with Gasteiger partial charge in [-0.05, 0) is 30.2 Å². The van der Waals surface area contributed by atoms with E-state index in [1.807, 2.05) is 12.1 Å². The monoisotopic (exact) mass is 283 g/mol. The highest BCUT2D eigenvalue weighted by Crippen LogP contribution is 2.26. The van der Waals surface area contributed by atoms with Crippen LogP contribution >= 0.6 is 0 Å². The smallest absolute Gasteiger partial charge is 0.301 e. The third kappa shape index (κ3) is 2.68. The van der Waals surface area contributed by atoms with E-state index in [2.05, 4.69) is 10.0 Å². The standard InChI is InChI=1S/C12H17N3O3S/c16-19(17,15-5-7-18-8-6-15)14-11-1-2-12-10(9-11)3-4-13-12/h1-2,9,13-14H,3-8H2. The van der Waals surface area contributed by atoms with E-state index < -0.39 is 10.2 Å². The zero-order valence-electron chi connectivity index (χ0n) is 10.6. The predicted molar refractivity (Wildman–Crippen MR) is 73.6 cm³/mol. The normalized spacial score (nSPS) is 19.8. The van der Waals surface area contributed by atoms with Gasteiger partial charge >= 0.3 is 10.2 Å². The highest BCUT2D eigenvalue weighted by molar-refractivity contribution is 7.90. The summed E-state index contributed by atoms with van der Waals surface area (Å²) >= 11 is 0. The summed E-state index contributed by atoms with van der Waals surface area (Å²) in [6.45, 7) is 2.63. The summed E-state index contributed by atoms with van der Waals surface area (Å²) in [6, 6.07) is 5.60. The molecule has 0 amide bonds. The van der Waals surface area contributed by atoms with Crippen LogP contribution in [0.15, 0.2) is 18.2 Å². The minimum atomic E-state index is -3.47. The Kier molecular flexibility index (Phi) is 3.34. The molecule has 2 aliphatic heterocycles. The number of ether oxygens (including phenoxy) is 1. The molecule has 2 heterocycles. The van der Waals surface area contributed by atoms with Gasteiger partial charge in [-0.1, -0.05) is 0 Å². The van der Waals surface area contributed by atoms with Gasteiger partial charge in [0, 0.05) is 25.3 Å². The van der Waals surface area contributed by atoms with Crippen molar-refractivity contribution in [2.75, 3.05) is 42.9 Å². The van der Waals surface area contributed by atoms with Crippen LogP contribution in [0, 0.1) is 0 Å². The van der Waals surface area contributed by atoms with Crippen molar-refractivity contribution in [1.82, 2.24) is 4.31 Å². The molecule has 0 atom stereocenters. The van der Waals surface area contributed by atoms with Crippen molar-refractivity contribution in [3.63, 3.8) is 0 Å². The first-order valence-corrected chi connectivity index (χ1v) is 7.82. The van der Waals surface area contributed by atoms with Gasteiger partial charge in [0.25, 0.3) is 0 Å². The highest BCUT2D eigenvalue weighted by atomic mass is 32.2. The zero-order valence-corrected chi connectivity index (χ0v) is 11.4. The maximum Gasteiger partial charge on any atom is 0.301 e. The fourth-order valence-corrected chi connectivity index (χ4v) is 3.55. The molecule has 0 spiro atoms. The molecule has 6 nitrogen and oxygen atoms in total. The molecule has 0 aromatic heterocycles. The lowest BCUT2D eigenvalue weighted by molar-refractivity contribution is 0.0733. The van der Waals surface area contributed by atoms with Gasteiger partial charge in [-0.3, -0.25) is 4.72 Å². The molecular weight excluding hydrogens is 266 g/mol. The average molecular weight is 283 g/mol. The number of morpholine rings is 1. The number of hydrogen-bond acceptors (Lipinski definition) is 4. The molecule has 2 aliphatic rings. The van der Waals surface area contributed by atoms with Crippen molar-refractivity contribution in [2.24, 2.45) is 0 Å². The highest BCUT2D eigenvalue weighted by Gasteiger charge is 2.24. The molecule has 1 fully saturated rings. The SMILES string of the molecule is O=S(=O)(Nc1ccc2c(c1)CCN2)N1CCOCC1. The molecule has 7 heteroatoms. The van der Waals surface area contributed by atoms with Gasteiger partial charge in [0.1, 0.15) is 0 Å². The minimum absolute atomic E-state index is 0.405. The van der Waals surface area contributed by atoms with Crippen LogP contribution < -0.4 is 10.0 Å². The van der Waals surface area contributed by atoms with Crippen LogP contribution in [0.25, 0.3) is 0 Å². The van der Waals surface area contributed by atoms with Gasteiger partial charge in [-0.2, -0.15) is 12.7 Å². The molecule has 0 bridgehead atoms. The van der Waals surface area contributed by atoms with Crippen LogP contribution in [0.3, 0.4) is 0 Å². The molecule has 0 saturated carbocycles. The lowest BCUT2D eigenvalue weighted by atomic mass is 10.1. The molecule has 0 aliphatic carbocycles. The number of hydrogen-bond donors (Lipinski definition) is 2. The minimum Gasteiger partial charge on any atom is -0.384 e. The van der Waals surface area contributed by atoms with Crippen LogP contribution in [-0.2, 0) is 21.4 Å². The Hall–Kier alpha value is -1.31. The number of fused-ring (bicyclic) bond motifs is 1. The van der Waals surface area contributed by atoms with Crippen molar-refractivity contribution in [3.05, 3.63) is 23.8 Å². The Balaban J connectivity index is 1.76. The van der Waals surface area contributed by atoms with Gasteiger partial charge in [0.2, 0.25) is 0 Å². The van der Waals surface area contributed by atoms with E-state index in [1.54, 1.807) is 6.07 Å². The van der Waals surface area contributed by atoms with Gasteiger partial charge in [-0.25, -0.2) is 0 Å². The van der Waals surface area contributed by atoms with E-state index in [0.29, 0.717) is 32.0 Å². The maximum absolute atomic E-state index is 12.2. The number of nitrogens with zero attached hydrogens (tertiary/aromatic N) is 1.